The Bertz CT molecular complexity index is 308. The molecule has 2 heteroatoms. The van der Waals surface area contributed by atoms with E-state index < -0.39 is 0 Å². The molecule has 2 fully saturated rings. The number of carbonyl (C=O) groups is 1. The van der Waals surface area contributed by atoms with E-state index in [9.17, 15) is 4.79 Å². The molecule has 2 unspecified atom stereocenters. The van der Waals surface area contributed by atoms with E-state index in [1.165, 1.54) is 25.7 Å². The number of carbonyl (C=O) groups excluding carboxylic acids is 1. The molecule has 1 spiro atoms. The summed E-state index contributed by atoms with van der Waals surface area (Å²) in [5.74, 6) is 0.952. The smallest absolute Gasteiger partial charge is 0.220 e. The lowest BCUT2D eigenvalue weighted by molar-refractivity contribution is -0.120. The molecule has 0 aromatic rings. The highest BCUT2D eigenvalue weighted by Crippen LogP contribution is 2.53. The molecule has 0 aromatic heterocycles. The van der Waals surface area contributed by atoms with Gasteiger partial charge in [-0.2, -0.15) is 0 Å². The third-order valence-corrected chi connectivity index (χ3v) is 4.65. The van der Waals surface area contributed by atoms with Gasteiger partial charge in [-0.1, -0.05) is 34.1 Å². The van der Waals surface area contributed by atoms with Crippen molar-refractivity contribution in [3.63, 3.8) is 0 Å². The highest BCUT2D eigenvalue weighted by atomic mass is 16.2. The number of rotatable bonds is 2. The minimum atomic E-state index is 0.267. The Morgan fingerprint density at radius 2 is 2.06 bits per heavy atom. The van der Waals surface area contributed by atoms with Gasteiger partial charge in [-0.25, -0.2) is 0 Å². The van der Waals surface area contributed by atoms with E-state index in [1.54, 1.807) is 0 Å². The molecule has 1 amide bonds. The molecule has 1 aliphatic heterocycles. The molecular weight excluding hydrogens is 210 g/mol. The van der Waals surface area contributed by atoms with Crippen LogP contribution in [0.1, 0.15) is 66.2 Å². The molecule has 2 rings (SSSR count). The molecule has 1 aliphatic carbocycles. The lowest BCUT2D eigenvalue weighted by Gasteiger charge is -2.45. The fourth-order valence-corrected chi connectivity index (χ4v) is 4.12. The van der Waals surface area contributed by atoms with E-state index >= 15 is 0 Å². The third kappa shape index (κ3) is 2.66. The van der Waals surface area contributed by atoms with Crippen molar-refractivity contribution in [2.75, 3.05) is 0 Å². The lowest BCUT2D eigenvalue weighted by atomic mass is 9.59. The Morgan fingerprint density at radius 3 is 2.65 bits per heavy atom. The van der Waals surface area contributed by atoms with Crippen LogP contribution < -0.4 is 5.32 Å². The molecule has 0 aromatic carbocycles. The van der Waals surface area contributed by atoms with Gasteiger partial charge < -0.3 is 5.32 Å². The maximum absolute atomic E-state index is 11.8. The van der Waals surface area contributed by atoms with Crippen molar-refractivity contribution in [2.45, 2.75) is 72.3 Å². The maximum atomic E-state index is 11.8. The maximum Gasteiger partial charge on any atom is 0.220 e. The second-order valence-corrected chi connectivity index (χ2v) is 7.48. The lowest BCUT2D eigenvalue weighted by Crippen LogP contribution is -2.43. The summed E-state index contributed by atoms with van der Waals surface area (Å²) in [6, 6.07) is 0.426. The van der Waals surface area contributed by atoms with Gasteiger partial charge >= 0.3 is 0 Å². The average Bonchev–Trinajstić information content (AvgIpc) is 2.39. The van der Waals surface area contributed by atoms with Crippen molar-refractivity contribution in [3.05, 3.63) is 0 Å². The zero-order chi connectivity index (χ0) is 12.7. The summed E-state index contributed by atoms with van der Waals surface area (Å²) < 4.78 is 0. The Hall–Kier alpha value is -0.530. The summed E-state index contributed by atoms with van der Waals surface area (Å²) in [7, 11) is 0. The quantitative estimate of drug-likeness (QED) is 0.782. The molecule has 2 nitrogen and oxygen atoms in total. The predicted molar refractivity (Wildman–Crippen MR) is 70.7 cm³/mol. The first kappa shape index (κ1) is 12.9. The van der Waals surface area contributed by atoms with Crippen molar-refractivity contribution in [1.82, 2.24) is 5.32 Å². The van der Waals surface area contributed by atoms with Gasteiger partial charge in [0.2, 0.25) is 5.91 Å². The summed E-state index contributed by atoms with van der Waals surface area (Å²) in [6.45, 7) is 9.24. The molecule has 1 saturated carbocycles. The van der Waals surface area contributed by atoms with Crippen LogP contribution in [0.2, 0.25) is 0 Å². The Labute approximate surface area is 106 Å². The van der Waals surface area contributed by atoms with Gasteiger partial charge in [-0.05, 0) is 42.4 Å². The average molecular weight is 237 g/mol. The van der Waals surface area contributed by atoms with Gasteiger partial charge in [-0.15, -0.1) is 0 Å². The monoisotopic (exact) mass is 237 g/mol. The Kier molecular flexibility index (Phi) is 3.26. The zero-order valence-corrected chi connectivity index (χ0v) is 11.8. The van der Waals surface area contributed by atoms with Crippen molar-refractivity contribution in [3.8, 4) is 0 Å². The second kappa shape index (κ2) is 4.29. The van der Waals surface area contributed by atoms with Crippen LogP contribution in [0.25, 0.3) is 0 Å². The molecule has 0 radical (unpaired) electrons. The Balaban J connectivity index is 2.17. The summed E-state index contributed by atoms with van der Waals surface area (Å²) in [5, 5.41) is 3.24. The highest BCUT2D eigenvalue weighted by molar-refractivity contribution is 5.80. The van der Waals surface area contributed by atoms with Crippen LogP contribution >= 0.6 is 0 Å². The first-order valence-corrected chi connectivity index (χ1v) is 7.12. The van der Waals surface area contributed by atoms with Crippen molar-refractivity contribution >= 4 is 5.91 Å². The highest BCUT2D eigenvalue weighted by Gasteiger charge is 2.50. The first-order valence-electron chi connectivity index (χ1n) is 7.12. The molecule has 1 saturated heterocycles. The standard InChI is InChI=1S/C15H27NO/c1-11(2)8-12-15(9-13(17)16-12)7-5-6-14(3,4)10-15/h11-12H,5-10H2,1-4H3,(H,16,17). The molecule has 1 heterocycles. The van der Waals surface area contributed by atoms with Crippen LogP contribution in [0.4, 0.5) is 0 Å². The third-order valence-electron chi connectivity index (χ3n) is 4.65. The fourth-order valence-electron chi connectivity index (χ4n) is 4.12. The fraction of sp³-hybridized carbons (Fsp3) is 0.933. The minimum Gasteiger partial charge on any atom is -0.353 e. The largest absolute Gasteiger partial charge is 0.353 e. The van der Waals surface area contributed by atoms with Crippen LogP contribution in [0.15, 0.2) is 0 Å². The van der Waals surface area contributed by atoms with Crippen molar-refractivity contribution < 1.29 is 4.79 Å². The number of hydrogen-bond donors (Lipinski definition) is 1. The molecular formula is C15H27NO. The number of amides is 1. The van der Waals surface area contributed by atoms with Crippen LogP contribution in [0.5, 0.6) is 0 Å². The molecule has 1 N–H and O–H groups in total. The molecule has 17 heavy (non-hydrogen) atoms. The zero-order valence-electron chi connectivity index (χ0n) is 11.8. The summed E-state index contributed by atoms with van der Waals surface area (Å²) in [6.07, 6.45) is 6.98. The minimum absolute atomic E-state index is 0.267. The summed E-state index contributed by atoms with van der Waals surface area (Å²) in [4.78, 5) is 11.8. The molecule has 2 atom stereocenters. The van der Waals surface area contributed by atoms with E-state index in [2.05, 4.69) is 33.0 Å². The van der Waals surface area contributed by atoms with Crippen molar-refractivity contribution in [2.24, 2.45) is 16.7 Å². The van der Waals surface area contributed by atoms with E-state index in [4.69, 9.17) is 0 Å². The number of nitrogens with one attached hydrogen (secondary N) is 1. The molecule has 98 valence electrons. The molecule has 2 aliphatic rings. The van der Waals surface area contributed by atoms with E-state index in [0.717, 1.165) is 12.8 Å². The van der Waals surface area contributed by atoms with Gasteiger partial charge in [0.05, 0.1) is 0 Å². The van der Waals surface area contributed by atoms with Gasteiger partial charge in [0.25, 0.3) is 0 Å². The predicted octanol–water partition coefficient (Wildman–Crippen LogP) is 3.51. The first-order chi connectivity index (χ1) is 7.83. The van der Waals surface area contributed by atoms with Gasteiger partial charge in [0.15, 0.2) is 0 Å². The normalized spacial score (nSPS) is 36.5. The van der Waals surface area contributed by atoms with E-state index in [-0.39, 0.29) is 11.3 Å². The van der Waals surface area contributed by atoms with E-state index in [1.807, 2.05) is 0 Å². The van der Waals surface area contributed by atoms with Crippen LogP contribution in [-0.2, 0) is 4.79 Å². The van der Waals surface area contributed by atoms with Gasteiger partial charge in [-0.3, -0.25) is 4.79 Å². The van der Waals surface area contributed by atoms with Gasteiger partial charge in [0.1, 0.15) is 0 Å². The van der Waals surface area contributed by atoms with E-state index in [0.29, 0.717) is 17.4 Å². The number of hydrogen-bond acceptors (Lipinski definition) is 1. The summed E-state index contributed by atoms with van der Waals surface area (Å²) >= 11 is 0. The van der Waals surface area contributed by atoms with Crippen LogP contribution in [0.3, 0.4) is 0 Å². The summed E-state index contributed by atoms with van der Waals surface area (Å²) in [5.41, 5.74) is 0.683. The Morgan fingerprint density at radius 1 is 1.35 bits per heavy atom. The topological polar surface area (TPSA) is 29.1 Å². The van der Waals surface area contributed by atoms with Crippen molar-refractivity contribution in [1.29, 1.82) is 0 Å². The van der Waals surface area contributed by atoms with Crippen LogP contribution in [-0.4, -0.2) is 11.9 Å². The SMILES string of the molecule is CC(C)CC1NC(=O)CC12CCCC(C)(C)C2. The van der Waals surface area contributed by atoms with Crippen LogP contribution in [0, 0.1) is 16.7 Å². The molecule has 0 bridgehead atoms. The second-order valence-electron chi connectivity index (χ2n) is 7.48. The van der Waals surface area contributed by atoms with Gasteiger partial charge in [0, 0.05) is 12.5 Å².